The van der Waals surface area contributed by atoms with E-state index in [9.17, 15) is 9.59 Å². The minimum Gasteiger partial charge on any atom is -0.325 e. The number of nitrogens with one attached hydrogen (secondary N) is 2. The number of hydrogen-bond acceptors (Lipinski definition) is 7. The van der Waals surface area contributed by atoms with E-state index in [2.05, 4.69) is 35.8 Å². The summed E-state index contributed by atoms with van der Waals surface area (Å²) in [5.74, 6) is -0.316. The Morgan fingerprint density at radius 1 is 1.05 bits per heavy atom. The van der Waals surface area contributed by atoms with Crippen LogP contribution in [0, 0.1) is 6.92 Å². The fraction of sp³-hybridized carbons (Fsp3) is 0.407. The van der Waals surface area contributed by atoms with Crippen LogP contribution in [0.5, 0.6) is 0 Å². The minimum atomic E-state index is -0.417. The Morgan fingerprint density at radius 2 is 1.89 bits per heavy atom. The molecule has 1 saturated carbocycles. The monoisotopic (exact) mass is 513 g/mol. The highest BCUT2D eigenvalue weighted by Crippen LogP contribution is 2.45. The maximum atomic E-state index is 13.1. The topological polar surface area (TPSA) is 122 Å². The van der Waals surface area contributed by atoms with E-state index >= 15 is 0 Å². The molecule has 0 aromatic carbocycles. The SMILES string of the molecule is Cc1ncc(NC(=O)CCN2CCCC23CCC3)cc1NC(=O)c1nnc2cc(-c3cnn(C)c3)ccn12. The van der Waals surface area contributed by atoms with E-state index in [1.807, 2.05) is 25.4 Å². The molecule has 6 rings (SSSR count). The Hall–Kier alpha value is -4.12. The first-order valence-corrected chi connectivity index (χ1v) is 13.1. The zero-order valence-electron chi connectivity index (χ0n) is 21.6. The van der Waals surface area contributed by atoms with Gasteiger partial charge in [0, 0.05) is 43.5 Å². The number of anilines is 2. The number of amides is 2. The van der Waals surface area contributed by atoms with Crippen LogP contribution in [0.1, 0.15) is 54.8 Å². The second-order valence-electron chi connectivity index (χ2n) is 10.3. The molecule has 0 atom stereocenters. The van der Waals surface area contributed by atoms with Gasteiger partial charge < -0.3 is 10.6 Å². The third-order valence-corrected chi connectivity index (χ3v) is 7.90. The van der Waals surface area contributed by atoms with Gasteiger partial charge in [-0.1, -0.05) is 0 Å². The first kappa shape index (κ1) is 24.2. The van der Waals surface area contributed by atoms with E-state index in [1.165, 1.54) is 32.1 Å². The zero-order chi connectivity index (χ0) is 26.3. The highest BCUT2D eigenvalue weighted by Gasteiger charge is 2.45. The van der Waals surface area contributed by atoms with Crippen molar-refractivity contribution in [3.8, 4) is 11.1 Å². The van der Waals surface area contributed by atoms with Crippen LogP contribution >= 0.6 is 0 Å². The standard InChI is InChI=1S/C27H31N9O2/c1-18-22(14-21(16-28-18)30-24(37)6-11-35-10-4-9-27(35)7-3-8-27)31-26(38)25-33-32-23-13-19(5-12-36(23)25)20-15-29-34(2)17-20/h5,12-17H,3-4,6-11H2,1-2H3,(H,30,37)(H,31,38). The molecule has 0 radical (unpaired) electrons. The van der Waals surface area contributed by atoms with Gasteiger partial charge >= 0.3 is 0 Å². The smallest absolute Gasteiger partial charge is 0.294 e. The van der Waals surface area contributed by atoms with Gasteiger partial charge in [-0.15, -0.1) is 10.2 Å². The lowest BCUT2D eigenvalue weighted by Gasteiger charge is -2.46. The van der Waals surface area contributed by atoms with Gasteiger partial charge in [-0.05, 0) is 69.3 Å². The molecule has 4 aromatic rings. The molecule has 2 aliphatic rings. The fourth-order valence-electron chi connectivity index (χ4n) is 5.66. The number of pyridine rings is 2. The highest BCUT2D eigenvalue weighted by atomic mass is 16.2. The third-order valence-electron chi connectivity index (χ3n) is 7.90. The molecule has 5 heterocycles. The summed E-state index contributed by atoms with van der Waals surface area (Å²) in [5, 5.41) is 18.3. The molecule has 1 spiro atoms. The Morgan fingerprint density at radius 3 is 2.66 bits per heavy atom. The number of carbonyl (C=O) groups excluding carboxylic acids is 2. The molecule has 11 nitrogen and oxygen atoms in total. The molecule has 11 heteroatoms. The lowest BCUT2D eigenvalue weighted by atomic mass is 9.75. The molecule has 4 aromatic heterocycles. The molecule has 2 N–H and O–H groups in total. The summed E-state index contributed by atoms with van der Waals surface area (Å²) in [5.41, 5.74) is 4.47. The lowest BCUT2D eigenvalue weighted by molar-refractivity contribution is -0.116. The first-order chi connectivity index (χ1) is 18.4. The molecular weight excluding hydrogens is 482 g/mol. The summed E-state index contributed by atoms with van der Waals surface area (Å²) in [6, 6.07) is 5.48. The second-order valence-corrected chi connectivity index (χ2v) is 10.3. The summed E-state index contributed by atoms with van der Waals surface area (Å²) in [7, 11) is 1.86. The van der Waals surface area contributed by atoms with Crippen LogP contribution in [-0.4, -0.2) is 64.7 Å². The van der Waals surface area contributed by atoms with Crippen LogP contribution in [0.2, 0.25) is 0 Å². The molecule has 2 fully saturated rings. The summed E-state index contributed by atoms with van der Waals surface area (Å²) in [6.07, 6.45) is 13.8. The Labute approximate surface area is 220 Å². The van der Waals surface area contributed by atoms with E-state index in [0.717, 1.165) is 24.2 Å². The van der Waals surface area contributed by atoms with E-state index in [0.29, 0.717) is 34.7 Å². The number of carbonyl (C=O) groups is 2. The summed E-state index contributed by atoms with van der Waals surface area (Å²) in [6.45, 7) is 3.66. The Balaban J connectivity index is 1.12. The van der Waals surface area contributed by atoms with Crippen LogP contribution in [0.3, 0.4) is 0 Å². The molecule has 2 amide bonds. The highest BCUT2D eigenvalue weighted by molar-refractivity contribution is 6.03. The molecule has 38 heavy (non-hydrogen) atoms. The van der Waals surface area contributed by atoms with Crippen LogP contribution in [-0.2, 0) is 11.8 Å². The second kappa shape index (κ2) is 9.64. The summed E-state index contributed by atoms with van der Waals surface area (Å²) < 4.78 is 3.36. The van der Waals surface area contributed by atoms with Crippen LogP contribution in [0.25, 0.3) is 16.8 Å². The predicted molar refractivity (Wildman–Crippen MR) is 143 cm³/mol. The molecular formula is C27H31N9O2. The number of hydrogen-bond donors (Lipinski definition) is 2. The van der Waals surface area contributed by atoms with E-state index in [4.69, 9.17) is 0 Å². The normalized spacial score (nSPS) is 16.6. The number of likely N-dealkylation sites (tertiary alicyclic amines) is 1. The van der Waals surface area contributed by atoms with Crippen molar-refractivity contribution in [1.82, 2.24) is 34.3 Å². The first-order valence-electron chi connectivity index (χ1n) is 13.1. The van der Waals surface area contributed by atoms with E-state index in [1.54, 1.807) is 40.7 Å². The molecule has 1 aliphatic carbocycles. The van der Waals surface area contributed by atoms with Gasteiger partial charge in [-0.3, -0.25) is 28.6 Å². The average Bonchev–Trinajstić information content (AvgIpc) is 3.62. The van der Waals surface area contributed by atoms with Crippen LogP contribution < -0.4 is 10.6 Å². The van der Waals surface area contributed by atoms with Crippen molar-refractivity contribution >= 4 is 28.8 Å². The van der Waals surface area contributed by atoms with Gasteiger partial charge in [-0.25, -0.2) is 0 Å². The summed E-state index contributed by atoms with van der Waals surface area (Å²) >= 11 is 0. The van der Waals surface area contributed by atoms with Crippen molar-refractivity contribution in [3.05, 3.63) is 54.5 Å². The number of aromatic nitrogens is 6. The third kappa shape index (κ3) is 4.53. The zero-order valence-corrected chi connectivity index (χ0v) is 21.6. The van der Waals surface area contributed by atoms with Gasteiger partial charge in [0.15, 0.2) is 5.65 Å². The van der Waals surface area contributed by atoms with Crippen molar-refractivity contribution in [1.29, 1.82) is 0 Å². The van der Waals surface area contributed by atoms with E-state index < -0.39 is 5.91 Å². The average molecular weight is 514 g/mol. The van der Waals surface area contributed by atoms with Crippen molar-refractivity contribution in [2.45, 2.75) is 51.0 Å². The van der Waals surface area contributed by atoms with Gasteiger partial charge in [0.1, 0.15) is 0 Å². The summed E-state index contributed by atoms with van der Waals surface area (Å²) in [4.78, 5) is 32.7. The molecule has 0 unspecified atom stereocenters. The maximum absolute atomic E-state index is 13.1. The van der Waals surface area contributed by atoms with Crippen LogP contribution in [0.15, 0.2) is 43.0 Å². The fourth-order valence-corrected chi connectivity index (χ4v) is 5.66. The van der Waals surface area contributed by atoms with Gasteiger partial charge in [-0.2, -0.15) is 5.10 Å². The molecule has 0 bridgehead atoms. The Bertz CT molecular complexity index is 1520. The largest absolute Gasteiger partial charge is 0.325 e. The quantitative estimate of drug-likeness (QED) is 0.388. The predicted octanol–water partition coefficient (Wildman–Crippen LogP) is 3.43. The van der Waals surface area contributed by atoms with Crippen LogP contribution in [0.4, 0.5) is 11.4 Å². The van der Waals surface area contributed by atoms with Gasteiger partial charge in [0.2, 0.25) is 11.7 Å². The number of nitrogens with zero attached hydrogens (tertiary/aromatic N) is 7. The van der Waals surface area contributed by atoms with Crippen molar-refractivity contribution in [2.75, 3.05) is 23.7 Å². The molecule has 196 valence electrons. The molecule has 1 saturated heterocycles. The lowest BCUT2D eigenvalue weighted by Crippen LogP contribution is -2.49. The van der Waals surface area contributed by atoms with Gasteiger partial charge in [0.25, 0.3) is 5.91 Å². The van der Waals surface area contributed by atoms with Crippen molar-refractivity contribution in [2.24, 2.45) is 7.05 Å². The number of rotatable bonds is 7. The van der Waals surface area contributed by atoms with Crippen molar-refractivity contribution in [3.63, 3.8) is 0 Å². The van der Waals surface area contributed by atoms with Crippen molar-refractivity contribution < 1.29 is 9.59 Å². The number of aryl methyl sites for hydroxylation is 2. The Kier molecular flexibility index (Phi) is 6.15. The van der Waals surface area contributed by atoms with Gasteiger partial charge in [0.05, 0.1) is 29.5 Å². The maximum Gasteiger partial charge on any atom is 0.294 e. The molecule has 1 aliphatic heterocycles. The number of fused-ring (bicyclic) bond motifs is 1. The van der Waals surface area contributed by atoms with E-state index in [-0.39, 0.29) is 11.7 Å². The minimum absolute atomic E-state index is 0.0535.